The molecule has 18 heavy (non-hydrogen) atoms. The monoisotopic (exact) mass is 249 g/mol. The maximum atomic E-state index is 4.73. The van der Waals surface area contributed by atoms with E-state index in [9.17, 15) is 0 Å². The molecular weight excluding hydrogens is 222 g/mol. The molecule has 0 unspecified atom stereocenters. The van der Waals surface area contributed by atoms with Crippen LogP contribution >= 0.6 is 0 Å². The molecule has 1 heterocycles. The second kappa shape index (κ2) is 5.87. The largest absolute Gasteiger partial charge is 0.310 e. The molecule has 0 spiro atoms. The SMILES string of the molecule is Cc1nn(CC2CCCC2)c(C)c1CNC(C)C. The topological polar surface area (TPSA) is 29.9 Å². The van der Waals surface area contributed by atoms with Crippen molar-refractivity contribution >= 4 is 0 Å². The molecule has 0 aromatic carbocycles. The highest BCUT2D eigenvalue weighted by Gasteiger charge is 2.18. The molecule has 102 valence electrons. The molecule has 1 aromatic rings. The summed E-state index contributed by atoms with van der Waals surface area (Å²) in [5.41, 5.74) is 3.94. The fourth-order valence-corrected chi connectivity index (χ4v) is 2.91. The summed E-state index contributed by atoms with van der Waals surface area (Å²) in [6.07, 6.45) is 5.59. The zero-order valence-electron chi connectivity index (χ0n) is 12.3. The zero-order chi connectivity index (χ0) is 13.1. The molecule has 1 N–H and O–H groups in total. The first-order chi connectivity index (χ1) is 8.58. The lowest BCUT2D eigenvalue weighted by Gasteiger charge is -2.12. The third kappa shape index (κ3) is 3.14. The van der Waals surface area contributed by atoms with Gasteiger partial charge >= 0.3 is 0 Å². The van der Waals surface area contributed by atoms with Gasteiger partial charge in [-0.25, -0.2) is 0 Å². The van der Waals surface area contributed by atoms with Crippen LogP contribution < -0.4 is 5.32 Å². The van der Waals surface area contributed by atoms with Crippen molar-refractivity contribution in [3.05, 3.63) is 17.0 Å². The molecule has 3 nitrogen and oxygen atoms in total. The molecule has 0 bridgehead atoms. The van der Waals surface area contributed by atoms with Crippen LogP contribution in [0.3, 0.4) is 0 Å². The molecule has 1 fully saturated rings. The standard InChI is InChI=1S/C15H27N3/c1-11(2)16-9-15-12(3)17-18(13(15)4)10-14-7-5-6-8-14/h11,14,16H,5-10H2,1-4H3. The summed E-state index contributed by atoms with van der Waals surface area (Å²) in [5.74, 6) is 0.855. The molecule has 3 heteroatoms. The van der Waals surface area contributed by atoms with E-state index >= 15 is 0 Å². The molecule has 0 radical (unpaired) electrons. The summed E-state index contributed by atoms with van der Waals surface area (Å²) >= 11 is 0. The molecule has 0 saturated heterocycles. The van der Waals surface area contributed by atoms with E-state index in [-0.39, 0.29) is 0 Å². The second-order valence-corrected chi connectivity index (χ2v) is 6.02. The van der Waals surface area contributed by atoms with Gasteiger partial charge in [-0.05, 0) is 32.6 Å². The van der Waals surface area contributed by atoms with Gasteiger partial charge < -0.3 is 5.32 Å². The van der Waals surface area contributed by atoms with Crippen LogP contribution in [0, 0.1) is 19.8 Å². The lowest BCUT2D eigenvalue weighted by atomic mass is 10.1. The van der Waals surface area contributed by atoms with Crippen LogP contribution in [0.15, 0.2) is 0 Å². The van der Waals surface area contributed by atoms with Gasteiger partial charge in [0.1, 0.15) is 0 Å². The molecule has 0 atom stereocenters. The number of nitrogens with zero attached hydrogens (tertiary/aromatic N) is 2. The summed E-state index contributed by atoms with van der Waals surface area (Å²) in [6.45, 7) is 10.8. The fraction of sp³-hybridized carbons (Fsp3) is 0.800. The summed E-state index contributed by atoms with van der Waals surface area (Å²) < 4.78 is 2.24. The Labute approximate surface area is 111 Å². The molecule has 0 aliphatic heterocycles. The van der Waals surface area contributed by atoms with Gasteiger partial charge in [-0.3, -0.25) is 4.68 Å². The third-order valence-corrected chi connectivity index (χ3v) is 4.12. The Morgan fingerprint density at radius 2 is 1.94 bits per heavy atom. The first kappa shape index (κ1) is 13.6. The Balaban J connectivity index is 2.05. The van der Waals surface area contributed by atoms with Gasteiger partial charge in [0.05, 0.1) is 5.69 Å². The number of nitrogens with one attached hydrogen (secondary N) is 1. The third-order valence-electron chi connectivity index (χ3n) is 4.12. The average molecular weight is 249 g/mol. The van der Waals surface area contributed by atoms with Crippen molar-refractivity contribution in [3.63, 3.8) is 0 Å². The van der Waals surface area contributed by atoms with Crippen LogP contribution in [0.1, 0.15) is 56.5 Å². The predicted molar refractivity (Wildman–Crippen MR) is 75.6 cm³/mol. The van der Waals surface area contributed by atoms with Crippen LogP contribution in [-0.2, 0) is 13.1 Å². The van der Waals surface area contributed by atoms with Crippen LogP contribution in [0.25, 0.3) is 0 Å². The Bertz CT molecular complexity index is 387. The van der Waals surface area contributed by atoms with Gasteiger partial charge in [0.2, 0.25) is 0 Å². The van der Waals surface area contributed by atoms with E-state index in [4.69, 9.17) is 5.10 Å². The predicted octanol–water partition coefficient (Wildman–Crippen LogP) is 3.19. The highest BCUT2D eigenvalue weighted by molar-refractivity contribution is 5.24. The van der Waals surface area contributed by atoms with E-state index in [0.717, 1.165) is 19.0 Å². The first-order valence-corrected chi connectivity index (χ1v) is 7.34. The van der Waals surface area contributed by atoms with E-state index in [1.54, 1.807) is 0 Å². The average Bonchev–Trinajstić information content (AvgIpc) is 2.88. The normalized spacial score (nSPS) is 16.9. The minimum Gasteiger partial charge on any atom is -0.310 e. The Morgan fingerprint density at radius 1 is 1.28 bits per heavy atom. The lowest BCUT2D eigenvalue weighted by molar-refractivity contribution is 0.421. The van der Waals surface area contributed by atoms with E-state index < -0.39 is 0 Å². The summed E-state index contributed by atoms with van der Waals surface area (Å²) in [4.78, 5) is 0. The Kier molecular flexibility index (Phi) is 4.44. The maximum absolute atomic E-state index is 4.73. The molecule has 1 aliphatic rings. The molecular formula is C15H27N3. The molecule has 1 aliphatic carbocycles. The summed E-state index contributed by atoms with van der Waals surface area (Å²) in [7, 11) is 0. The van der Waals surface area contributed by atoms with Crippen molar-refractivity contribution in [2.24, 2.45) is 5.92 Å². The van der Waals surface area contributed by atoms with E-state index in [1.807, 2.05) is 0 Å². The number of rotatable bonds is 5. The number of hydrogen-bond donors (Lipinski definition) is 1. The van der Waals surface area contributed by atoms with Gasteiger partial charge in [0.25, 0.3) is 0 Å². The van der Waals surface area contributed by atoms with Crippen molar-refractivity contribution in [1.82, 2.24) is 15.1 Å². The quantitative estimate of drug-likeness (QED) is 0.868. The van der Waals surface area contributed by atoms with Gasteiger partial charge in [0, 0.05) is 30.4 Å². The number of hydrogen-bond acceptors (Lipinski definition) is 2. The Hall–Kier alpha value is -0.830. The Morgan fingerprint density at radius 3 is 2.56 bits per heavy atom. The molecule has 0 amide bonds. The van der Waals surface area contributed by atoms with Crippen molar-refractivity contribution in [2.75, 3.05) is 0 Å². The van der Waals surface area contributed by atoms with E-state index in [2.05, 4.69) is 37.7 Å². The minimum absolute atomic E-state index is 0.530. The highest BCUT2D eigenvalue weighted by atomic mass is 15.3. The number of aromatic nitrogens is 2. The summed E-state index contributed by atoms with van der Waals surface area (Å²) in [5, 5.41) is 8.23. The fourth-order valence-electron chi connectivity index (χ4n) is 2.91. The second-order valence-electron chi connectivity index (χ2n) is 6.02. The van der Waals surface area contributed by atoms with Crippen molar-refractivity contribution < 1.29 is 0 Å². The van der Waals surface area contributed by atoms with Crippen LogP contribution in [-0.4, -0.2) is 15.8 Å². The maximum Gasteiger partial charge on any atom is 0.0641 e. The zero-order valence-corrected chi connectivity index (χ0v) is 12.3. The van der Waals surface area contributed by atoms with Gasteiger partial charge in [-0.1, -0.05) is 26.7 Å². The van der Waals surface area contributed by atoms with Crippen LogP contribution in [0.4, 0.5) is 0 Å². The van der Waals surface area contributed by atoms with Crippen molar-refractivity contribution in [3.8, 4) is 0 Å². The van der Waals surface area contributed by atoms with Crippen molar-refractivity contribution in [1.29, 1.82) is 0 Å². The summed E-state index contributed by atoms with van der Waals surface area (Å²) in [6, 6.07) is 0.530. The van der Waals surface area contributed by atoms with Crippen molar-refractivity contribution in [2.45, 2.75) is 72.5 Å². The van der Waals surface area contributed by atoms with Gasteiger partial charge in [-0.15, -0.1) is 0 Å². The van der Waals surface area contributed by atoms with Gasteiger partial charge in [0.15, 0.2) is 0 Å². The molecule has 2 rings (SSSR count). The van der Waals surface area contributed by atoms with Gasteiger partial charge in [-0.2, -0.15) is 5.10 Å². The minimum atomic E-state index is 0.530. The number of aryl methyl sites for hydroxylation is 1. The van der Waals surface area contributed by atoms with Crippen LogP contribution in [0.2, 0.25) is 0 Å². The van der Waals surface area contributed by atoms with E-state index in [0.29, 0.717) is 6.04 Å². The smallest absolute Gasteiger partial charge is 0.0641 e. The molecule has 1 saturated carbocycles. The molecule has 1 aromatic heterocycles. The van der Waals surface area contributed by atoms with E-state index in [1.165, 1.54) is 42.6 Å². The highest BCUT2D eigenvalue weighted by Crippen LogP contribution is 2.27. The lowest BCUT2D eigenvalue weighted by Crippen LogP contribution is -2.22. The van der Waals surface area contributed by atoms with Crippen LogP contribution in [0.5, 0.6) is 0 Å². The first-order valence-electron chi connectivity index (χ1n) is 7.34.